The zero-order valence-electron chi connectivity index (χ0n) is 22.3. The summed E-state index contributed by atoms with van der Waals surface area (Å²) < 4.78 is 2.03. The molecule has 1 amide bonds. The van der Waals surface area contributed by atoms with Crippen LogP contribution in [-0.2, 0) is 17.6 Å². The van der Waals surface area contributed by atoms with Crippen LogP contribution in [0.1, 0.15) is 52.7 Å². The highest BCUT2D eigenvalue weighted by atomic mass is 35.5. The van der Waals surface area contributed by atoms with Crippen molar-refractivity contribution in [2.24, 2.45) is 5.41 Å². The fraction of sp³-hybridized carbons (Fsp3) is 0.448. The van der Waals surface area contributed by atoms with Crippen LogP contribution in [0.2, 0.25) is 0 Å². The summed E-state index contributed by atoms with van der Waals surface area (Å²) in [6.07, 6.45) is 8.82. The van der Waals surface area contributed by atoms with Gasteiger partial charge in [0, 0.05) is 60.7 Å². The molecule has 1 atom stereocenters. The molecule has 2 aliphatic heterocycles. The van der Waals surface area contributed by atoms with Gasteiger partial charge in [0.1, 0.15) is 0 Å². The first-order valence-corrected chi connectivity index (χ1v) is 14.3. The van der Waals surface area contributed by atoms with Gasteiger partial charge in [-0.25, -0.2) is 9.78 Å². The highest BCUT2D eigenvalue weighted by molar-refractivity contribution is 7.16. The van der Waals surface area contributed by atoms with Gasteiger partial charge in [-0.1, -0.05) is 12.1 Å². The summed E-state index contributed by atoms with van der Waals surface area (Å²) in [5.74, 6) is 0.198. The Morgan fingerprint density at radius 1 is 1.13 bits per heavy atom. The zero-order valence-corrected chi connectivity index (χ0v) is 23.9. The molecule has 1 spiro atoms. The molecule has 2 saturated heterocycles. The van der Waals surface area contributed by atoms with Gasteiger partial charge in [-0.05, 0) is 68.2 Å². The Balaban J connectivity index is 0.00000277. The number of imidazole rings is 1. The molecule has 0 unspecified atom stereocenters. The monoisotopic (exact) mass is 564 g/mol. The molecule has 1 aromatic carbocycles. The fourth-order valence-electron chi connectivity index (χ4n) is 6.75. The maximum absolute atomic E-state index is 13.0. The Labute approximate surface area is 237 Å². The number of carbonyl (C=O) groups is 1. The van der Waals surface area contributed by atoms with Crippen molar-refractivity contribution in [3.8, 4) is 11.3 Å². The maximum atomic E-state index is 13.0. The van der Waals surface area contributed by atoms with Gasteiger partial charge in [-0.15, -0.1) is 23.7 Å². The van der Waals surface area contributed by atoms with E-state index in [1.54, 1.807) is 11.3 Å². The van der Waals surface area contributed by atoms with E-state index in [4.69, 9.17) is 0 Å². The van der Waals surface area contributed by atoms with Gasteiger partial charge >= 0.3 is 5.69 Å². The largest absolute Gasteiger partial charge is 0.345 e. The van der Waals surface area contributed by atoms with Crippen molar-refractivity contribution in [2.75, 3.05) is 26.2 Å². The number of aromatic nitrogens is 4. The minimum atomic E-state index is -0.298. The summed E-state index contributed by atoms with van der Waals surface area (Å²) in [6.45, 7) is 7.89. The maximum Gasteiger partial charge on any atom is 0.345 e. The lowest BCUT2D eigenvalue weighted by Crippen LogP contribution is -2.61. The molecular formula is C29H33ClN6O2S. The first-order valence-electron chi connectivity index (χ1n) is 13.5. The van der Waals surface area contributed by atoms with Crippen molar-refractivity contribution in [2.45, 2.75) is 52.0 Å². The zero-order chi connectivity index (χ0) is 26.0. The number of rotatable bonds is 4. The van der Waals surface area contributed by atoms with Crippen molar-refractivity contribution < 1.29 is 4.79 Å². The van der Waals surface area contributed by atoms with Gasteiger partial charge < -0.3 is 9.88 Å². The third-order valence-corrected chi connectivity index (χ3v) is 9.62. The molecule has 0 bridgehead atoms. The van der Waals surface area contributed by atoms with E-state index in [0.29, 0.717) is 17.9 Å². The molecular weight excluding hydrogens is 532 g/mol. The van der Waals surface area contributed by atoms with Crippen LogP contribution in [-0.4, -0.2) is 61.2 Å². The topological polar surface area (TPSA) is 86.6 Å². The first-order chi connectivity index (χ1) is 18.3. The molecule has 10 heteroatoms. The summed E-state index contributed by atoms with van der Waals surface area (Å²) in [4.78, 5) is 43.2. The van der Waals surface area contributed by atoms with Gasteiger partial charge in [0.05, 0.1) is 17.8 Å². The quantitative estimate of drug-likeness (QED) is 0.398. The molecule has 1 N–H and O–H groups in total. The van der Waals surface area contributed by atoms with Gasteiger partial charge in [-0.2, -0.15) is 4.98 Å². The average molecular weight is 565 g/mol. The molecule has 0 radical (unpaired) electrons. The first kappa shape index (κ1) is 26.2. The van der Waals surface area contributed by atoms with Gasteiger partial charge in [0.2, 0.25) is 5.91 Å². The van der Waals surface area contributed by atoms with Gasteiger partial charge in [0.25, 0.3) is 0 Å². The van der Waals surface area contributed by atoms with E-state index in [2.05, 4.69) is 51.2 Å². The molecule has 39 heavy (non-hydrogen) atoms. The number of nitrogens with one attached hydrogen (secondary N) is 1. The number of aromatic amines is 1. The van der Waals surface area contributed by atoms with E-state index in [9.17, 15) is 9.59 Å². The van der Waals surface area contributed by atoms with E-state index in [-0.39, 0.29) is 24.0 Å². The standard InChI is InChI=1S/C29H32N6O2S.ClH/c1-18-11-24(32-27(37)30-18)21-3-5-23-20(12-21)4-6-25(23)35-16-29(17-35)7-9-33(10-8-29)26(36)13-22-15-34-14-19(2)38-28(34)31-22;/h3,5,11-12,14-15,25H,4,6-10,13,16-17H2,1-2H3,(H,30,32,37);1H/t25-;/m1./s1. The van der Waals surface area contributed by atoms with Crippen molar-refractivity contribution in [3.05, 3.63) is 74.5 Å². The number of hydrogen-bond acceptors (Lipinski definition) is 6. The van der Waals surface area contributed by atoms with Crippen molar-refractivity contribution in [3.63, 3.8) is 0 Å². The lowest BCUT2D eigenvalue weighted by molar-refractivity contribution is -0.136. The SMILES string of the molecule is Cc1cc(-c2ccc3c(c2)CC[C@H]3N2CC3(CCN(C(=O)Cc4cn5cc(C)sc5n4)CC3)C2)nc(=O)[nH]1.Cl. The third kappa shape index (κ3) is 4.81. The minimum absolute atomic E-state index is 0. The molecule has 3 aromatic heterocycles. The van der Waals surface area contributed by atoms with Crippen molar-refractivity contribution >= 4 is 34.6 Å². The number of likely N-dealkylation sites (tertiary alicyclic amines) is 2. The number of nitrogens with zero attached hydrogens (tertiary/aromatic N) is 5. The number of aryl methyl sites for hydroxylation is 3. The predicted molar refractivity (Wildman–Crippen MR) is 155 cm³/mol. The lowest BCUT2D eigenvalue weighted by Gasteiger charge is -2.56. The summed E-state index contributed by atoms with van der Waals surface area (Å²) in [5.41, 5.74) is 6.30. The number of fused-ring (bicyclic) bond motifs is 2. The second-order valence-corrected chi connectivity index (χ2v) is 12.7. The molecule has 204 valence electrons. The average Bonchev–Trinajstić information content (AvgIpc) is 3.54. The third-order valence-electron chi connectivity index (χ3n) is 8.71. The van der Waals surface area contributed by atoms with Crippen LogP contribution in [0.15, 0.2) is 41.5 Å². The molecule has 3 aliphatic rings. The van der Waals surface area contributed by atoms with Crippen LogP contribution < -0.4 is 5.69 Å². The predicted octanol–water partition coefficient (Wildman–Crippen LogP) is 4.34. The number of benzene rings is 1. The molecule has 7 rings (SSSR count). The summed E-state index contributed by atoms with van der Waals surface area (Å²) in [5, 5.41) is 0. The Morgan fingerprint density at radius 2 is 1.92 bits per heavy atom. The second-order valence-electron chi connectivity index (χ2n) is 11.4. The van der Waals surface area contributed by atoms with Crippen LogP contribution >= 0.6 is 23.7 Å². The summed E-state index contributed by atoms with van der Waals surface area (Å²) in [7, 11) is 0. The molecule has 0 saturated carbocycles. The lowest BCUT2D eigenvalue weighted by atomic mass is 9.71. The number of carbonyl (C=O) groups excluding carboxylic acids is 1. The normalized spacial score (nSPS) is 20.2. The molecule has 1 aliphatic carbocycles. The van der Waals surface area contributed by atoms with E-state index in [0.717, 1.165) is 79.5 Å². The van der Waals surface area contributed by atoms with E-state index >= 15 is 0 Å². The van der Waals surface area contributed by atoms with Crippen molar-refractivity contribution in [1.29, 1.82) is 0 Å². The molecule has 2 fully saturated rings. The molecule has 8 nitrogen and oxygen atoms in total. The number of H-pyrrole nitrogens is 1. The van der Waals surface area contributed by atoms with E-state index in [1.807, 2.05) is 28.5 Å². The van der Waals surface area contributed by atoms with Crippen molar-refractivity contribution in [1.82, 2.24) is 29.2 Å². The smallest absolute Gasteiger partial charge is 0.342 e. The van der Waals surface area contributed by atoms with Crippen LogP contribution in [0.3, 0.4) is 0 Å². The summed E-state index contributed by atoms with van der Waals surface area (Å²) >= 11 is 1.66. The molecule has 5 heterocycles. The Morgan fingerprint density at radius 3 is 2.67 bits per heavy atom. The van der Waals surface area contributed by atoms with Crippen LogP contribution in [0, 0.1) is 19.3 Å². The number of thiazole rings is 1. The van der Waals surface area contributed by atoms with E-state index in [1.165, 1.54) is 16.0 Å². The number of halogens is 1. The Kier molecular flexibility index (Phi) is 6.64. The van der Waals surface area contributed by atoms with Crippen LogP contribution in [0.25, 0.3) is 16.2 Å². The van der Waals surface area contributed by atoms with Gasteiger partial charge in [0.15, 0.2) is 4.96 Å². The number of hydrogen-bond donors (Lipinski definition) is 1. The minimum Gasteiger partial charge on any atom is -0.342 e. The highest BCUT2D eigenvalue weighted by Gasteiger charge is 2.48. The summed E-state index contributed by atoms with van der Waals surface area (Å²) in [6, 6.07) is 8.99. The van der Waals surface area contributed by atoms with Gasteiger partial charge in [-0.3, -0.25) is 14.1 Å². The second kappa shape index (κ2) is 9.87. The number of piperidine rings is 1. The Bertz CT molecular complexity index is 1580. The number of amides is 1. The van der Waals surface area contributed by atoms with Crippen LogP contribution in [0.5, 0.6) is 0 Å². The van der Waals surface area contributed by atoms with E-state index < -0.39 is 0 Å². The van der Waals surface area contributed by atoms with Crippen LogP contribution in [0.4, 0.5) is 0 Å². The highest BCUT2D eigenvalue weighted by Crippen LogP contribution is 2.48. The Hall–Kier alpha value is -3.01. The fourth-order valence-corrected chi connectivity index (χ4v) is 7.58. The molecule has 4 aromatic rings.